The Morgan fingerprint density at radius 3 is 1.60 bits per heavy atom. The molecule has 1 aromatic carbocycles. The molecule has 0 unspecified atom stereocenters. The Labute approximate surface area is 95.0 Å². The van der Waals surface area contributed by atoms with Crippen LogP contribution in [-0.2, 0) is 0 Å². The molecule has 15 heavy (non-hydrogen) atoms. The van der Waals surface area contributed by atoms with Gasteiger partial charge in [-0.25, -0.2) is 9.59 Å². The minimum Gasteiger partial charge on any atom is -0.478 e. The second kappa shape index (κ2) is 5.98. The van der Waals surface area contributed by atoms with Gasteiger partial charge in [0.05, 0.1) is 11.1 Å². The number of hydrogen-bond acceptors (Lipinski definition) is 2. The maximum absolute atomic E-state index is 10.5. The summed E-state index contributed by atoms with van der Waals surface area (Å²) in [6, 6.07) is 3.79. The minimum absolute atomic E-state index is 0.0493. The molecule has 0 amide bonds. The zero-order valence-corrected chi connectivity index (χ0v) is 9.32. The Balaban J connectivity index is 0.000000921. The van der Waals surface area contributed by atoms with E-state index in [0.29, 0.717) is 4.47 Å². The number of aromatic carboxylic acids is 2. The van der Waals surface area contributed by atoms with E-state index < -0.39 is 11.9 Å². The van der Waals surface area contributed by atoms with E-state index in [1.807, 2.05) is 0 Å². The lowest BCUT2D eigenvalue weighted by Gasteiger charge is -1.98. The third-order valence-corrected chi connectivity index (χ3v) is 1.85. The Morgan fingerprint density at radius 1 is 1.00 bits per heavy atom. The average Bonchev–Trinajstić information content (AvgIpc) is 2.19. The zero-order valence-electron chi connectivity index (χ0n) is 7.74. The van der Waals surface area contributed by atoms with E-state index in [4.69, 9.17) is 10.2 Å². The SMILES string of the molecule is C=C.O=C(O)c1cc(Br)cc(C(=O)O)c1. The van der Waals surface area contributed by atoms with Gasteiger partial charge in [0.1, 0.15) is 0 Å². The van der Waals surface area contributed by atoms with Gasteiger partial charge in [-0.2, -0.15) is 0 Å². The lowest BCUT2D eigenvalue weighted by atomic mass is 10.1. The molecule has 0 aliphatic heterocycles. The lowest BCUT2D eigenvalue weighted by molar-refractivity contribution is 0.0696. The van der Waals surface area contributed by atoms with Crippen molar-refractivity contribution in [3.63, 3.8) is 0 Å². The number of carboxylic acid groups (broad SMARTS) is 2. The van der Waals surface area contributed by atoms with Crippen molar-refractivity contribution in [3.8, 4) is 0 Å². The van der Waals surface area contributed by atoms with Crippen molar-refractivity contribution in [2.24, 2.45) is 0 Å². The van der Waals surface area contributed by atoms with E-state index in [2.05, 4.69) is 29.1 Å². The summed E-state index contributed by atoms with van der Waals surface area (Å²) in [5, 5.41) is 17.2. The minimum atomic E-state index is -1.15. The predicted molar refractivity (Wildman–Crippen MR) is 59.3 cm³/mol. The van der Waals surface area contributed by atoms with Crippen LogP contribution < -0.4 is 0 Å². The molecule has 0 saturated carbocycles. The zero-order chi connectivity index (χ0) is 12.0. The number of benzene rings is 1. The highest BCUT2D eigenvalue weighted by atomic mass is 79.9. The first-order chi connectivity index (χ1) is 7.00. The number of carbonyl (C=O) groups is 2. The van der Waals surface area contributed by atoms with Gasteiger partial charge >= 0.3 is 11.9 Å². The van der Waals surface area contributed by atoms with Crippen LogP contribution >= 0.6 is 15.9 Å². The summed E-state index contributed by atoms with van der Waals surface area (Å²) < 4.78 is 0.435. The quantitative estimate of drug-likeness (QED) is 0.812. The van der Waals surface area contributed by atoms with Gasteiger partial charge in [0.15, 0.2) is 0 Å². The fraction of sp³-hybridized carbons (Fsp3) is 0. The fourth-order valence-corrected chi connectivity index (χ4v) is 1.33. The van der Waals surface area contributed by atoms with E-state index in [1.165, 1.54) is 12.1 Å². The summed E-state index contributed by atoms with van der Waals surface area (Å²) >= 11 is 3.02. The van der Waals surface area contributed by atoms with Crippen LogP contribution in [0.4, 0.5) is 0 Å². The second-order valence-corrected chi connectivity index (χ2v) is 3.25. The van der Waals surface area contributed by atoms with Crippen molar-refractivity contribution < 1.29 is 19.8 Å². The Hall–Kier alpha value is -1.62. The molecular weight excluding hydrogens is 264 g/mol. The predicted octanol–water partition coefficient (Wildman–Crippen LogP) is 2.65. The Bertz CT molecular complexity index is 355. The van der Waals surface area contributed by atoms with Crippen LogP contribution in [0.15, 0.2) is 35.8 Å². The fourth-order valence-electron chi connectivity index (χ4n) is 0.837. The number of halogens is 1. The van der Waals surface area contributed by atoms with E-state index in [1.54, 1.807) is 0 Å². The summed E-state index contributed by atoms with van der Waals surface area (Å²) in [6.45, 7) is 6.00. The van der Waals surface area contributed by atoms with Crippen LogP contribution in [0.3, 0.4) is 0 Å². The van der Waals surface area contributed by atoms with Crippen LogP contribution in [-0.4, -0.2) is 22.2 Å². The van der Waals surface area contributed by atoms with Crippen molar-refractivity contribution >= 4 is 27.9 Å². The second-order valence-electron chi connectivity index (χ2n) is 2.34. The molecule has 0 heterocycles. The van der Waals surface area contributed by atoms with Crippen LogP contribution in [0.5, 0.6) is 0 Å². The van der Waals surface area contributed by atoms with Crippen molar-refractivity contribution in [2.75, 3.05) is 0 Å². The van der Waals surface area contributed by atoms with Crippen LogP contribution in [0.25, 0.3) is 0 Å². The number of rotatable bonds is 2. The highest BCUT2D eigenvalue weighted by Crippen LogP contribution is 2.15. The van der Waals surface area contributed by atoms with E-state index >= 15 is 0 Å². The summed E-state index contributed by atoms with van der Waals surface area (Å²) in [4.78, 5) is 21.0. The van der Waals surface area contributed by atoms with Crippen molar-refractivity contribution in [1.82, 2.24) is 0 Å². The first-order valence-electron chi connectivity index (χ1n) is 3.78. The number of hydrogen-bond donors (Lipinski definition) is 2. The monoisotopic (exact) mass is 272 g/mol. The molecule has 1 aromatic rings. The van der Waals surface area contributed by atoms with Gasteiger partial charge in [-0.05, 0) is 18.2 Å². The van der Waals surface area contributed by atoms with Crippen LogP contribution in [0.2, 0.25) is 0 Å². The highest BCUT2D eigenvalue weighted by molar-refractivity contribution is 9.10. The Kier molecular flexibility index (Phi) is 5.33. The highest BCUT2D eigenvalue weighted by Gasteiger charge is 2.09. The maximum atomic E-state index is 10.5. The van der Waals surface area contributed by atoms with Gasteiger partial charge in [0.25, 0.3) is 0 Å². The summed E-state index contributed by atoms with van der Waals surface area (Å²) in [5.41, 5.74) is -0.0986. The van der Waals surface area contributed by atoms with Gasteiger partial charge in [0, 0.05) is 4.47 Å². The molecule has 5 heteroatoms. The summed E-state index contributed by atoms with van der Waals surface area (Å²) in [5.74, 6) is -2.30. The van der Waals surface area contributed by atoms with Gasteiger partial charge in [-0.3, -0.25) is 0 Å². The summed E-state index contributed by atoms with van der Waals surface area (Å²) in [6.07, 6.45) is 0. The molecule has 0 aliphatic carbocycles. The van der Waals surface area contributed by atoms with E-state index in [0.717, 1.165) is 6.07 Å². The van der Waals surface area contributed by atoms with Gasteiger partial charge in [0.2, 0.25) is 0 Å². The van der Waals surface area contributed by atoms with Gasteiger partial charge in [-0.15, -0.1) is 13.2 Å². The molecule has 0 fully saturated rings. The molecule has 0 radical (unpaired) electrons. The standard InChI is InChI=1S/C8H5BrO4.C2H4/c9-6-2-4(7(10)11)1-5(3-6)8(12)13;1-2/h1-3H,(H,10,11)(H,12,13);1-2H2. The lowest BCUT2D eigenvalue weighted by Crippen LogP contribution is -2.02. The Morgan fingerprint density at radius 2 is 1.33 bits per heavy atom. The van der Waals surface area contributed by atoms with Gasteiger partial charge < -0.3 is 10.2 Å². The molecule has 0 atom stereocenters. The molecule has 2 N–H and O–H groups in total. The normalized spacial score (nSPS) is 8.60. The smallest absolute Gasteiger partial charge is 0.335 e. The molecular formula is C10H9BrO4. The molecule has 0 spiro atoms. The summed E-state index contributed by atoms with van der Waals surface area (Å²) in [7, 11) is 0. The third-order valence-electron chi connectivity index (χ3n) is 1.39. The molecule has 0 aromatic heterocycles. The molecule has 0 aliphatic rings. The average molecular weight is 273 g/mol. The largest absolute Gasteiger partial charge is 0.478 e. The van der Waals surface area contributed by atoms with Crippen molar-refractivity contribution in [2.45, 2.75) is 0 Å². The molecule has 80 valence electrons. The first-order valence-corrected chi connectivity index (χ1v) is 4.57. The molecule has 0 bridgehead atoms. The number of carboxylic acids is 2. The van der Waals surface area contributed by atoms with E-state index in [-0.39, 0.29) is 11.1 Å². The molecule has 4 nitrogen and oxygen atoms in total. The maximum Gasteiger partial charge on any atom is 0.335 e. The van der Waals surface area contributed by atoms with Crippen molar-refractivity contribution in [3.05, 3.63) is 47.0 Å². The van der Waals surface area contributed by atoms with Crippen molar-refractivity contribution in [1.29, 1.82) is 0 Å². The van der Waals surface area contributed by atoms with E-state index in [9.17, 15) is 9.59 Å². The van der Waals surface area contributed by atoms with Crippen LogP contribution in [0.1, 0.15) is 20.7 Å². The molecule has 0 saturated heterocycles. The van der Waals surface area contributed by atoms with Crippen LogP contribution in [0, 0.1) is 0 Å². The molecule has 1 rings (SSSR count). The van der Waals surface area contributed by atoms with Gasteiger partial charge in [-0.1, -0.05) is 15.9 Å². The third kappa shape index (κ3) is 3.95. The topological polar surface area (TPSA) is 74.6 Å². The first kappa shape index (κ1) is 13.4.